The van der Waals surface area contributed by atoms with E-state index in [0.29, 0.717) is 24.1 Å². The standard InChI is InChI=1S/C48H94NO7P/c1-6-8-10-12-14-16-18-20-22-24-26-28-30-32-34-36-38-40-43-53-45-47(46-55-57(51,52)54-44-42-49(3,4)5)56-48(50)41-39-37-35-33-31-29-27-25-23-21-19-17-15-13-11-9-7-2/h15,17,21,23,47H,6-14,16,18-20,22,24-46H2,1-5H3/b17-15-,23-21-/t47-/m1/s1. The third-order valence-corrected chi connectivity index (χ3v) is 11.5. The summed E-state index contributed by atoms with van der Waals surface area (Å²) in [6.07, 6.45) is 47.6. The second kappa shape index (κ2) is 41.7. The first kappa shape index (κ1) is 56.0. The van der Waals surface area contributed by atoms with Crippen molar-refractivity contribution in [2.45, 2.75) is 225 Å². The number of likely N-dealkylation sites (N-methyl/N-ethyl adjacent to an activating group) is 1. The minimum atomic E-state index is -4.53. The number of ether oxygens (including phenoxy) is 2. The largest absolute Gasteiger partial charge is 0.756 e. The molecule has 338 valence electrons. The van der Waals surface area contributed by atoms with Gasteiger partial charge >= 0.3 is 5.97 Å². The Morgan fingerprint density at radius 1 is 0.544 bits per heavy atom. The topological polar surface area (TPSA) is 94.1 Å². The fraction of sp³-hybridized carbons (Fsp3) is 0.896. The van der Waals surface area contributed by atoms with Crippen LogP contribution in [0.4, 0.5) is 0 Å². The molecule has 0 aliphatic carbocycles. The zero-order valence-electron chi connectivity index (χ0n) is 38.3. The summed E-state index contributed by atoms with van der Waals surface area (Å²) in [6, 6.07) is 0. The highest BCUT2D eigenvalue weighted by Gasteiger charge is 2.20. The molecular weight excluding hydrogens is 734 g/mol. The van der Waals surface area contributed by atoms with Gasteiger partial charge in [0.25, 0.3) is 7.82 Å². The fourth-order valence-electron chi connectivity index (χ4n) is 6.75. The Morgan fingerprint density at radius 2 is 0.965 bits per heavy atom. The van der Waals surface area contributed by atoms with Gasteiger partial charge in [0.15, 0.2) is 0 Å². The van der Waals surface area contributed by atoms with Crippen molar-refractivity contribution >= 4 is 13.8 Å². The van der Waals surface area contributed by atoms with Crippen molar-refractivity contribution < 1.29 is 37.3 Å². The van der Waals surface area contributed by atoms with Gasteiger partial charge in [0.1, 0.15) is 19.3 Å². The number of rotatable bonds is 45. The number of carbonyl (C=O) groups excluding carboxylic acids is 1. The first-order chi connectivity index (χ1) is 27.6. The van der Waals surface area contributed by atoms with Gasteiger partial charge in [-0.25, -0.2) is 0 Å². The number of hydrogen-bond acceptors (Lipinski definition) is 7. The molecule has 0 fully saturated rings. The number of phosphoric acid groups is 1. The van der Waals surface area contributed by atoms with E-state index in [1.165, 1.54) is 154 Å². The first-order valence-corrected chi connectivity index (χ1v) is 25.5. The molecule has 0 saturated carbocycles. The number of quaternary nitrogens is 1. The van der Waals surface area contributed by atoms with Crippen molar-refractivity contribution in [1.29, 1.82) is 0 Å². The van der Waals surface area contributed by atoms with Crippen molar-refractivity contribution in [2.75, 3.05) is 54.1 Å². The SMILES string of the molecule is CCCCC/C=C\C/C=C\CCCCCCCCCC(=O)O[C@H](COCCCCCCCCCCCCCCCCCCCC)COP(=O)([O-])OCC[N+](C)(C)C. The van der Waals surface area contributed by atoms with Gasteiger partial charge in [-0.3, -0.25) is 9.36 Å². The van der Waals surface area contributed by atoms with Crippen LogP contribution in [0.2, 0.25) is 0 Å². The van der Waals surface area contributed by atoms with Crippen LogP contribution in [0, 0.1) is 0 Å². The van der Waals surface area contributed by atoms with Crippen LogP contribution in [0.1, 0.15) is 219 Å². The molecule has 0 rings (SSSR count). The van der Waals surface area contributed by atoms with Gasteiger partial charge in [-0.2, -0.15) is 0 Å². The maximum Gasteiger partial charge on any atom is 0.306 e. The summed E-state index contributed by atoms with van der Waals surface area (Å²) in [5, 5.41) is 0. The quantitative estimate of drug-likeness (QED) is 0.0198. The summed E-state index contributed by atoms with van der Waals surface area (Å²) in [5.74, 6) is -0.338. The summed E-state index contributed by atoms with van der Waals surface area (Å²) < 4.78 is 34.7. The summed E-state index contributed by atoms with van der Waals surface area (Å²) in [6.45, 7) is 5.42. The Balaban J connectivity index is 4.17. The minimum Gasteiger partial charge on any atom is -0.756 e. The summed E-state index contributed by atoms with van der Waals surface area (Å²) in [7, 11) is 1.36. The first-order valence-electron chi connectivity index (χ1n) is 24.1. The molecule has 8 nitrogen and oxygen atoms in total. The lowest BCUT2D eigenvalue weighted by atomic mass is 10.0. The van der Waals surface area contributed by atoms with Gasteiger partial charge in [-0.1, -0.05) is 192 Å². The van der Waals surface area contributed by atoms with E-state index in [1.54, 1.807) is 0 Å². The number of carbonyl (C=O) groups is 1. The lowest BCUT2D eigenvalue weighted by Crippen LogP contribution is -2.37. The number of nitrogens with zero attached hydrogens (tertiary/aromatic N) is 1. The second-order valence-electron chi connectivity index (χ2n) is 17.5. The Bertz CT molecular complexity index is 967. The molecule has 0 aromatic heterocycles. The molecule has 0 radical (unpaired) electrons. The van der Waals surface area contributed by atoms with Crippen LogP contribution in [0.5, 0.6) is 0 Å². The van der Waals surface area contributed by atoms with Gasteiger partial charge in [0, 0.05) is 13.0 Å². The van der Waals surface area contributed by atoms with Gasteiger partial charge in [0.05, 0.1) is 34.4 Å². The average Bonchev–Trinajstić information content (AvgIpc) is 3.16. The van der Waals surface area contributed by atoms with Crippen LogP contribution in [-0.4, -0.2) is 70.7 Å². The van der Waals surface area contributed by atoms with E-state index in [4.69, 9.17) is 18.5 Å². The van der Waals surface area contributed by atoms with Crippen molar-refractivity contribution in [3.63, 3.8) is 0 Å². The molecule has 0 aliphatic rings. The lowest BCUT2D eigenvalue weighted by Gasteiger charge is -2.28. The lowest BCUT2D eigenvalue weighted by molar-refractivity contribution is -0.870. The maximum absolute atomic E-state index is 12.7. The normalized spacial score (nSPS) is 13.9. The van der Waals surface area contributed by atoms with Crippen LogP contribution < -0.4 is 4.89 Å². The van der Waals surface area contributed by atoms with E-state index in [2.05, 4.69) is 38.2 Å². The Labute approximate surface area is 353 Å². The molecule has 0 heterocycles. The monoisotopic (exact) mass is 828 g/mol. The summed E-state index contributed by atoms with van der Waals surface area (Å²) in [4.78, 5) is 25.1. The predicted molar refractivity (Wildman–Crippen MR) is 240 cm³/mol. The van der Waals surface area contributed by atoms with Crippen LogP contribution in [0.3, 0.4) is 0 Å². The zero-order chi connectivity index (χ0) is 42.0. The molecule has 57 heavy (non-hydrogen) atoms. The second-order valence-corrected chi connectivity index (χ2v) is 18.9. The molecular formula is C48H94NO7P. The molecule has 9 heteroatoms. The third-order valence-electron chi connectivity index (χ3n) is 10.5. The van der Waals surface area contributed by atoms with E-state index in [1.807, 2.05) is 21.1 Å². The number of allylic oxidation sites excluding steroid dienone is 4. The van der Waals surface area contributed by atoms with Crippen LogP contribution in [-0.2, 0) is 27.9 Å². The summed E-state index contributed by atoms with van der Waals surface area (Å²) >= 11 is 0. The molecule has 2 atom stereocenters. The van der Waals surface area contributed by atoms with E-state index in [9.17, 15) is 14.3 Å². The molecule has 0 aliphatic heterocycles. The van der Waals surface area contributed by atoms with E-state index in [-0.39, 0.29) is 25.8 Å². The van der Waals surface area contributed by atoms with Gasteiger partial charge in [-0.05, 0) is 44.9 Å². The average molecular weight is 828 g/mol. The third kappa shape index (κ3) is 45.9. The highest BCUT2D eigenvalue weighted by molar-refractivity contribution is 7.45. The van der Waals surface area contributed by atoms with Gasteiger partial charge in [-0.15, -0.1) is 0 Å². The molecule has 0 bridgehead atoms. The van der Waals surface area contributed by atoms with Crippen molar-refractivity contribution in [3.05, 3.63) is 24.3 Å². The smallest absolute Gasteiger partial charge is 0.306 e. The number of phosphoric ester groups is 1. The van der Waals surface area contributed by atoms with Crippen LogP contribution in [0.15, 0.2) is 24.3 Å². The highest BCUT2D eigenvalue weighted by Crippen LogP contribution is 2.38. The van der Waals surface area contributed by atoms with E-state index < -0.39 is 13.9 Å². The van der Waals surface area contributed by atoms with E-state index >= 15 is 0 Å². The van der Waals surface area contributed by atoms with Gasteiger partial charge < -0.3 is 27.9 Å². The van der Waals surface area contributed by atoms with Crippen LogP contribution >= 0.6 is 7.82 Å². The molecule has 0 aromatic carbocycles. The molecule has 1 unspecified atom stereocenters. The van der Waals surface area contributed by atoms with E-state index in [0.717, 1.165) is 44.9 Å². The summed E-state index contributed by atoms with van der Waals surface area (Å²) in [5.41, 5.74) is 0. The Morgan fingerprint density at radius 3 is 1.46 bits per heavy atom. The minimum absolute atomic E-state index is 0.0265. The molecule has 0 aromatic rings. The predicted octanol–water partition coefficient (Wildman–Crippen LogP) is 13.8. The highest BCUT2D eigenvalue weighted by atomic mass is 31.2. The fourth-order valence-corrected chi connectivity index (χ4v) is 7.48. The van der Waals surface area contributed by atoms with Crippen LogP contribution in [0.25, 0.3) is 0 Å². The van der Waals surface area contributed by atoms with Crippen molar-refractivity contribution in [3.8, 4) is 0 Å². The molecule has 0 amide bonds. The number of esters is 1. The molecule has 0 saturated heterocycles. The van der Waals surface area contributed by atoms with Crippen molar-refractivity contribution in [1.82, 2.24) is 0 Å². The zero-order valence-corrected chi connectivity index (χ0v) is 39.2. The van der Waals surface area contributed by atoms with Crippen molar-refractivity contribution in [2.24, 2.45) is 0 Å². The Kier molecular flexibility index (Phi) is 41.0. The number of hydrogen-bond donors (Lipinski definition) is 0. The maximum atomic E-state index is 12.7. The molecule has 0 spiro atoms. The Hall–Kier alpha value is -1.02. The van der Waals surface area contributed by atoms with Gasteiger partial charge in [0.2, 0.25) is 0 Å². The number of unbranched alkanes of at least 4 members (excludes halogenated alkanes) is 27. The molecule has 0 N–H and O–H groups in total.